The van der Waals surface area contributed by atoms with Crippen molar-refractivity contribution in [2.24, 2.45) is 23.7 Å². The first-order valence-corrected chi connectivity index (χ1v) is 12.9. The summed E-state index contributed by atoms with van der Waals surface area (Å²) in [5.41, 5.74) is 5.16. The molecule has 3 rings (SSSR count). The number of phenolic OH excluding ortho intramolecular Hbond substituents is 1. The van der Waals surface area contributed by atoms with Crippen LogP contribution in [0.3, 0.4) is 0 Å². The summed E-state index contributed by atoms with van der Waals surface area (Å²) in [7, 11) is 1.11. The number of fused-ring (bicyclic) bond motifs is 1. The second-order valence-electron chi connectivity index (χ2n) is 10.5. The lowest BCUT2D eigenvalue weighted by atomic mass is 9.66. The molecule has 3 amide bonds. The van der Waals surface area contributed by atoms with Gasteiger partial charge in [0, 0.05) is 5.92 Å². The molecular formula is C29H39NO7. The van der Waals surface area contributed by atoms with Crippen molar-refractivity contribution in [3.63, 3.8) is 0 Å². The van der Waals surface area contributed by atoms with E-state index in [2.05, 4.69) is 10.8 Å². The van der Waals surface area contributed by atoms with Crippen LogP contribution in [0.4, 0.5) is 4.79 Å². The fourth-order valence-electron chi connectivity index (χ4n) is 5.85. The molecule has 1 fully saturated rings. The molecule has 0 bridgehead atoms. The molecule has 8 heteroatoms. The molecule has 0 spiro atoms. The van der Waals surface area contributed by atoms with Crippen LogP contribution in [0, 0.1) is 37.5 Å². The molecule has 1 aromatic rings. The molecule has 1 saturated heterocycles. The van der Waals surface area contributed by atoms with Crippen molar-refractivity contribution >= 4 is 24.0 Å². The second kappa shape index (κ2) is 11.6. The molecule has 0 aromatic heterocycles. The standard InChI is InChI=1S/C29H39NO7/c1-7-18(12-19-10-16(4)26(33)17(5)11-19)8-9-23(32)24-20(15(2)3)13-21-25(22(24)14-31)28(35)30(27(21)34)29(36)37-6/h10-12,15,21-23,25,31-33H,7-9,13-14H2,1-6H3/b18-12+/t21-,22+,23-,25-/m1/s1. The Bertz CT molecular complexity index is 1110. The van der Waals surface area contributed by atoms with E-state index in [0.717, 1.165) is 41.4 Å². The highest BCUT2D eigenvalue weighted by atomic mass is 16.5. The van der Waals surface area contributed by atoms with Gasteiger partial charge in [-0.2, -0.15) is 4.90 Å². The van der Waals surface area contributed by atoms with Gasteiger partial charge in [0.1, 0.15) is 5.75 Å². The smallest absolute Gasteiger partial charge is 0.423 e. The van der Waals surface area contributed by atoms with Crippen molar-refractivity contribution in [1.29, 1.82) is 0 Å². The summed E-state index contributed by atoms with van der Waals surface area (Å²) < 4.78 is 4.65. The van der Waals surface area contributed by atoms with Crippen LogP contribution in [0.2, 0.25) is 0 Å². The molecule has 1 aromatic carbocycles. The van der Waals surface area contributed by atoms with Crippen molar-refractivity contribution < 1.29 is 34.4 Å². The van der Waals surface area contributed by atoms with Crippen molar-refractivity contribution in [2.75, 3.05) is 13.7 Å². The summed E-state index contributed by atoms with van der Waals surface area (Å²) in [4.78, 5) is 38.8. The van der Waals surface area contributed by atoms with Crippen molar-refractivity contribution in [3.05, 3.63) is 45.5 Å². The second-order valence-corrected chi connectivity index (χ2v) is 10.5. The lowest BCUT2D eigenvalue weighted by Gasteiger charge is -2.38. The van der Waals surface area contributed by atoms with E-state index in [1.165, 1.54) is 0 Å². The van der Waals surface area contributed by atoms with Gasteiger partial charge in [-0.15, -0.1) is 0 Å². The summed E-state index contributed by atoms with van der Waals surface area (Å²) in [5.74, 6) is -3.44. The molecule has 2 aliphatic rings. The first kappa shape index (κ1) is 28.6. The van der Waals surface area contributed by atoms with Crippen molar-refractivity contribution in [1.82, 2.24) is 4.90 Å². The summed E-state index contributed by atoms with van der Waals surface area (Å²) in [6.45, 7) is 9.27. The van der Waals surface area contributed by atoms with E-state index in [-0.39, 0.29) is 18.1 Å². The predicted molar refractivity (Wildman–Crippen MR) is 139 cm³/mol. The first-order valence-electron chi connectivity index (χ1n) is 12.9. The zero-order chi connectivity index (χ0) is 27.6. The van der Waals surface area contributed by atoms with E-state index in [1.54, 1.807) is 0 Å². The average Bonchev–Trinajstić information content (AvgIpc) is 3.12. The van der Waals surface area contributed by atoms with Crippen molar-refractivity contribution in [3.8, 4) is 5.75 Å². The predicted octanol–water partition coefficient (Wildman–Crippen LogP) is 4.28. The molecule has 37 heavy (non-hydrogen) atoms. The number of allylic oxidation sites excluding steroid dienone is 2. The molecule has 0 radical (unpaired) electrons. The Morgan fingerprint density at radius 3 is 2.32 bits per heavy atom. The largest absolute Gasteiger partial charge is 0.507 e. The van der Waals surface area contributed by atoms with Crippen LogP contribution >= 0.6 is 0 Å². The number of phenols is 1. The maximum Gasteiger partial charge on any atom is 0.423 e. The van der Waals surface area contributed by atoms with Gasteiger partial charge in [0.05, 0.1) is 31.7 Å². The lowest BCUT2D eigenvalue weighted by Crippen LogP contribution is -2.40. The molecule has 8 nitrogen and oxygen atoms in total. The minimum absolute atomic E-state index is 0.0149. The third kappa shape index (κ3) is 5.50. The Hall–Kier alpha value is -2.97. The van der Waals surface area contributed by atoms with Gasteiger partial charge >= 0.3 is 6.09 Å². The fraction of sp³-hybridized carbons (Fsp3) is 0.552. The number of nitrogens with zero attached hydrogens (tertiary/aromatic N) is 1. The van der Waals surface area contributed by atoms with Crippen LogP contribution in [0.15, 0.2) is 28.9 Å². The van der Waals surface area contributed by atoms with E-state index in [4.69, 9.17) is 0 Å². The SMILES string of the molecule is CC/C(=C\c1cc(C)c(O)c(C)c1)CC[C@@H](O)C1=C(C(C)C)C[C@H]2C(=O)N(C(=O)OC)C(=O)[C@H]2[C@H]1CO. The van der Waals surface area contributed by atoms with E-state index in [1.807, 2.05) is 46.8 Å². The normalized spacial score (nSPS) is 23.1. The maximum absolute atomic E-state index is 13.1. The number of carbonyl (C=O) groups excluding carboxylic acids is 3. The molecule has 3 N–H and O–H groups in total. The van der Waals surface area contributed by atoms with Gasteiger partial charge < -0.3 is 20.1 Å². The highest BCUT2D eigenvalue weighted by molar-refractivity contribution is 6.16. The van der Waals surface area contributed by atoms with Gasteiger partial charge in [-0.3, -0.25) is 9.59 Å². The van der Waals surface area contributed by atoms with Crippen LogP contribution in [-0.4, -0.2) is 57.9 Å². The topological polar surface area (TPSA) is 124 Å². The number of aryl methyl sites for hydroxylation is 2. The van der Waals surface area contributed by atoms with E-state index in [9.17, 15) is 29.7 Å². The summed E-state index contributed by atoms with van der Waals surface area (Å²) in [5, 5.41) is 31.8. The minimum atomic E-state index is -1.02. The van der Waals surface area contributed by atoms with Crippen LogP contribution in [-0.2, 0) is 14.3 Å². The Labute approximate surface area is 218 Å². The maximum atomic E-state index is 13.1. The molecule has 1 aliphatic heterocycles. The molecule has 202 valence electrons. The molecule has 1 aliphatic carbocycles. The van der Waals surface area contributed by atoms with Gasteiger partial charge in [-0.05, 0) is 79.8 Å². The number of methoxy groups -OCH3 is 1. The third-order valence-corrected chi connectivity index (χ3v) is 7.81. The van der Waals surface area contributed by atoms with Crippen LogP contribution < -0.4 is 0 Å². The number of rotatable bonds is 8. The average molecular weight is 514 g/mol. The van der Waals surface area contributed by atoms with E-state index < -0.39 is 48.4 Å². The summed E-state index contributed by atoms with van der Waals surface area (Å²) in [6, 6.07) is 3.85. The number of carbonyl (C=O) groups is 3. The number of imide groups is 3. The molecular weight excluding hydrogens is 474 g/mol. The molecule has 0 unspecified atom stereocenters. The van der Waals surface area contributed by atoms with Gasteiger partial charge in [0.2, 0.25) is 11.8 Å². The van der Waals surface area contributed by atoms with Crippen LogP contribution in [0.25, 0.3) is 6.08 Å². The Balaban J connectivity index is 1.89. The summed E-state index contributed by atoms with van der Waals surface area (Å²) >= 11 is 0. The van der Waals surface area contributed by atoms with Crippen LogP contribution in [0.1, 0.15) is 63.1 Å². The van der Waals surface area contributed by atoms with Crippen molar-refractivity contribution in [2.45, 2.75) is 66.4 Å². The van der Waals surface area contributed by atoms with E-state index >= 15 is 0 Å². The van der Waals surface area contributed by atoms with Gasteiger partial charge in [-0.25, -0.2) is 4.79 Å². The van der Waals surface area contributed by atoms with Gasteiger partial charge in [0.15, 0.2) is 0 Å². The number of likely N-dealkylation sites (tertiary alicyclic amines) is 1. The molecule has 0 saturated carbocycles. The monoisotopic (exact) mass is 513 g/mol. The minimum Gasteiger partial charge on any atom is -0.507 e. The fourth-order valence-corrected chi connectivity index (χ4v) is 5.85. The van der Waals surface area contributed by atoms with Crippen LogP contribution in [0.5, 0.6) is 5.75 Å². The van der Waals surface area contributed by atoms with Gasteiger partial charge in [-0.1, -0.05) is 38.0 Å². The number of ether oxygens (including phenoxy) is 1. The Morgan fingerprint density at radius 1 is 1.19 bits per heavy atom. The van der Waals surface area contributed by atoms with Gasteiger partial charge in [0.25, 0.3) is 0 Å². The number of hydrogen-bond donors (Lipinski definition) is 3. The number of aromatic hydroxyl groups is 1. The quantitative estimate of drug-likeness (QED) is 0.350. The highest BCUT2D eigenvalue weighted by Crippen LogP contribution is 2.48. The lowest BCUT2D eigenvalue weighted by molar-refractivity contribution is -0.137. The number of benzene rings is 1. The Kier molecular flexibility index (Phi) is 8.97. The number of aliphatic hydroxyl groups excluding tert-OH is 2. The zero-order valence-corrected chi connectivity index (χ0v) is 22.6. The number of aliphatic hydroxyl groups is 2. The first-order chi connectivity index (χ1) is 17.5. The number of amides is 3. The van der Waals surface area contributed by atoms with E-state index in [0.29, 0.717) is 23.3 Å². The number of hydrogen-bond acceptors (Lipinski definition) is 7. The highest BCUT2D eigenvalue weighted by Gasteiger charge is 2.57. The summed E-state index contributed by atoms with van der Waals surface area (Å²) in [6.07, 6.45) is 2.15. The third-order valence-electron chi connectivity index (χ3n) is 7.81. The molecule has 4 atom stereocenters. The zero-order valence-electron chi connectivity index (χ0n) is 22.6. The Morgan fingerprint density at radius 2 is 1.81 bits per heavy atom. The molecule has 1 heterocycles.